The number of rotatable bonds is 7. The molecule has 186 valence electrons. The first-order valence-electron chi connectivity index (χ1n) is 11.9. The number of halogens is 1. The van der Waals surface area contributed by atoms with Crippen LogP contribution in [0.25, 0.3) is 22.4 Å². The molecular formula is C26H28ClN7O2. The summed E-state index contributed by atoms with van der Waals surface area (Å²) >= 11 is 6.08. The summed E-state index contributed by atoms with van der Waals surface area (Å²) < 4.78 is 0. The van der Waals surface area contributed by atoms with Crippen LogP contribution >= 0.6 is 11.6 Å². The molecule has 4 aromatic rings. The van der Waals surface area contributed by atoms with Gasteiger partial charge >= 0.3 is 0 Å². The topological polar surface area (TPSA) is 109 Å². The highest BCUT2D eigenvalue weighted by atomic mass is 35.5. The molecule has 10 heteroatoms. The van der Waals surface area contributed by atoms with E-state index in [2.05, 4.69) is 49.4 Å². The van der Waals surface area contributed by atoms with Crippen LogP contribution in [-0.2, 0) is 0 Å². The normalized spacial score (nSPS) is 15.2. The van der Waals surface area contributed by atoms with E-state index in [0.29, 0.717) is 27.7 Å². The largest absolute Gasteiger partial charge is 0.382 e. The molecule has 5 rings (SSSR count). The van der Waals surface area contributed by atoms with Gasteiger partial charge in [0.15, 0.2) is 0 Å². The first-order chi connectivity index (χ1) is 17.4. The number of fused-ring (bicyclic) bond motifs is 1. The second kappa shape index (κ2) is 10.1. The number of hydrogen-bond acceptors (Lipinski definition) is 7. The molecule has 2 aromatic heterocycles. The molecule has 0 saturated carbocycles. The molecule has 1 aliphatic heterocycles. The van der Waals surface area contributed by atoms with E-state index in [1.807, 2.05) is 6.92 Å². The van der Waals surface area contributed by atoms with Gasteiger partial charge in [0.2, 0.25) is 0 Å². The van der Waals surface area contributed by atoms with E-state index in [0.717, 1.165) is 48.5 Å². The Balaban J connectivity index is 1.45. The lowest BCUT2D eigenvalue weighted by Gasteiger charge is -2.34. The van der Waals surface area contributed by atoms with Crippen LogP contribution in [0.5, 0.6) is 0 Å². The third-order valence-corrected chi connectivity index (χ3v) is 6.91. The summed E-state index contributed by atoms with van der Waals surface area (Å²) in [5.41, 5.74) is 5.24. The lowest BCUT2D eigenvalue weighted by atomic mass is 10.1. The van der Waals surface area contributed by atoms with Crippen LogP contribution in [0.2, 0.25) is 5.02 Å². The zero-order valence-corrected chi connectivity index (χ0v) is 21.0. The van der Waals surface area contributed by atoms with Crippen molar-refractivity contribution >= 4 is 34.0 Å². The van der Waals surface area contributed by atoms with Crippen LogP contribution in [0, 0.1) is 11.8 Å². The Morgan fingerprint density at radius 1 is 1.17 bits per heavy atom. The standard InChI is InChI=1S/C26H28ClN7O2/c1-16-12-19(34-10-8-33(2)9-11-34)14-21-24(16)31-25(30-21)23-20(6-7-28-26(23)35)29-15-22(32-36)17-4-3-5-18(27)13-17/h3-7,12-14,22H,8-11,15H2,1-2H3,(H,30,31)(H2,28,29,35)/t22-/m1/s1. The van der Waals surface area contributed by atoms with Crippen molar-refractivity contribution in [2.45, 2.75) is 13.0 Å². The van der Waals surface area contributed by atoms with Crippen molar-refractivity contribution in [3.05, 3.63) is 80.1 Å². The zero-order chi connectivity index (χ0) is 25.2. The second-order valence-electron chi connectivity index (χ2n) is 9.19. The van der Waals surface area contributed by atoms with Gasteiger partial charge in [-0.15, -0.1) is 0 Å². The predicted molar refractivity (Wildman–Crippen MR) is 145 cm³/mol. The van der Waals surface area contributed by atoms with E-state index >= 15 is 0 Å². The molecule has 0 aliphatic carbocycles. The summed E-state index contributed by atoms with van der Waals surface area (Å²) in [7, 11) is 2.14. The Labute approximate surface area is 213 Å². The Kier molecular flexibility index (Phi) is 6.75. The maximum Gasteiger partial charge on any atom is 0.261 e. The van der Waals surface area contributed by atoms with E-state index in [4.69, 9.17) is 16.6 Å². The monoisotopic (exact) mass is 505 g/mol. The summed E-state index contributed by atoms with van der Waals surface area (Å²) in [5, 5.41) is 7.01. The number of H-pyrrole nitrogens is 2. The average Bonchev–Trinajstić information content (AvgIpc) is 3.29. The van der Waals surface area contributed by atoms with E-state index in [1.165, 1.54) is 0 Å². The van der Waals surface area contributed by atoms with Crippen molar-refractivity contribution in [3.8, 4) is 11.4 Å². The Morgan fingerprint density at radius 3 is 2.72 bits per heavy atom. The van der Waals surface area contributed by atoms with Gasteiger partial charge in [-0.1, -0.05) is 28.9 Å². The van der Waals surface area contributed by atoms with Gasteiger partial charge in [-0.3, -0.25) is 4.79 Å². The number of benzene rings is 2. The van der Waals surface area contributed by atoms with E-state index in [9.17, 15) is 9.70 Å². The van der Waals surface area contributed by atoms with E-state index in [-0.39, 0.29) is 12.1 Å². The number of imidazole rings is 1. The highest BCUT2D eigenvalue weighted by molar-refractivity contribution is 6.30. The minimum absolute atomic E-state index is 0.201. The number of aromatic amines is 2. The minimum atomic E-state index is -0.667. The van der Waals surface area contributed by atoms with Crippen molar-refractivity contribution < 1.29 is 0 Å². The number of nitrogens with zero attached hydrogens (tertiary/aromatic N) is 4. The van der Waals surface area contributed by atoms with Crippen LogP contribution in [0.1, 0.15) is 17.2 Å². The second-order valence-corrected chi connectivity index (χ2v) is 9.62. The third-order valence-electron chi connectivity index (χ3n) is 6.67. The van der Waals surface area contributed by atoms with Crippen molar-refractivity contribution in [1.29, 1.82) is 0 Å². The summed E-state index contributed by atoms with van der Waals surface area (Å²) in [4.78, 5) is 40.0. The molecule has 0 bridgehead atoms. The summed E-state index contributed by atoms with van der Waals surface area (Å²) in [5.74, 6) is 0.464. The quantitative estimate of drug-likeness (QED) is 0.318. The molecule has 1 saturated heterocycles. The fraction of sp³-hybridized carbons (Fsp3) is 0.308. The maximum absolute atomic E-state index is 12.9. The molecule has 9 nitrogen and oxygen atoms in total. The lowest BCUT2D eigenvalue weighted by Crippen LogP contribution is -2.44. The number of pyridine rings is 1. The Hall–Kier alpha value is -3.69. The van der Waals surface area contributed by atoms with E-state index < -0.39 is 6.04 Å². The van der Waals surface area contributed by atoms with Gasteiger partial charge in [-0.2, -0.15) is 4.91 Å². The molecule has 3 N–H and O–H groups in total. The summed E-state index contributed by atoms with van der Waals surface area (Å²) in [6, 6.07) is 12.4. The van der Waals surface area contributed by atoms with Crippen molar-refractivity contribution in [2.75, 3.05) is 50.0 Å². The van der Waals surface area contributed by atoms with Crippen LogP contribution < -0.4 is 15.8 Å². The molecule has 36 heavy (non-hydrogen) atoms. The Morgan fingerprint density at radius 2 is 1.97 bits per heavy atom. The summed E-state index contributed by atoms with van der Waals surface area (Å²) in [6.45, 7) is 6.21. The van der Waals surface area contributed by atoms with Crippen molar-refractivity contribution in [3.63, 3.8) is 0 Å². The van der Waals surface area contributed by atoms with Crippen LogP contribution in [0.4, 0.5) is 11.4 Å². The van der Waals surface area contributed by atoms with Crippen molar-refractivity contribution in [1.82, 2.24) is 19.9 Å². The highest BCUT2D eigenvalue weighted by Crippen LogP contribution is 2.30. The first-order valence-corrected chi connectivity index (χ1v) is 12.3. The van der Waals surface area contributed by atoms with Gasteiger partial charge < -0.3 is 25.1 Å². The molecule has 1 atom stereocenters. The lowest BCUT2D eigenvalue weighted by molar-refractivity contribution is 0.313. The fourth-order valence-corrected chi connectivity index (χ4v) is 4.83. The van der Waals surface area contributed by atoms with Gasteiger partial charge in [-0.25, -0.2) is 4.98 Å². The van der Waals surface area contributed by atoms with Gasteiger partial charge in [0, 0.05) is 49.6 Å². The molecule has 0 spiro atoms. The molecular weight excluding hydrogens is 478 g/mol. The molecule has 0 radical (unpaired) electrons. The number of nitrogens with one attached hydrogen (secondary N) is 3. The molecule has 2 aromatic carbocycles. The van der Waals surface area contributed by atoms with E-state index in [1.54, 1.807) is 36.5 Å². The number of hydrogen-bond donors (Lipinski definition) is 3. The SMILES string of the molecule is Cc1cc(N2CCN(C)CC2)cc2[nH]c(-c3c(NC[C@@H](N=O)c4cccc(Cl)c4)cc[nH]c3=O)nc12. The Bertz CT molecular complexity index is 1460. The first kappa shape index (κ1) is 24.0. The molecule has 0 amide bonds. The third kappa shape index (κ3) is 4.84. The van der Waals surface area contributed by atoms with Crippen LogP contribution in [0.3, 0.4) is 0 Å². The smallest absolute Gasteiger partial charge is 0.261 e. The number of aromatic nitrogens is 3. The molecule has 1 fully saturated rings. The minimum Gasteiger partial charge on any atom is -0.382 e. The zero-order valence-electron chi connectivity index (χ0n) is 20.2. The van der Waals surface area contributed by atoms with Crippen LogP contribution in [0.15, 0.2) is 58.6 Å². The number of likely N-dealkylation sites (N-methyl/N-ethyl adjacent to an activating group) is 1. The number of aryl methyl sites for hydroxylation is 1. The fourth-order valence-electron chi connectivity index (χ4n) is 4.63. The molecule has 3 heterocycles. The highest BCUT2D eigenvalue weighted by Gasteiger charge is 2.20. The van der Waals surface area contributed by atoms with Crippen molar-refractivity contribution in [2.24, 2.45) is 5.18 Å². The maximum atomic E-state index is 12.9. The summed E-state index contributed by atoms with van der Waals surface area (Å²) in [6.07, 6.45) is 1.57. The number of anilines is 2. The van der Waals surface area contributed by atoms with Gasteiger partial charge in [0.25, 0.3) is 5.56 Å². The number of nitroso groups, excluding NO2 is 1. The molecule has 1 aliphatic rings. The van der Waals surface area contributed by atoms with Crippen LogP contribution in [-0.4, -0.2) is 59.6 Å². The predicted octanol–water partition coefficient (Wildman–Crippen LogP) is 4.55. The van der Waals surface area contributed by atoms with Gasteiger partial charge in [0.05, 0.1) is 16.7 Å². The average molecular weight is 506 g/mol. The molecule has 0 unspecified atom stereocenters. The van der Waals surface area contributed by atoms with Gasteiger partial charge in [0.1, 0.15) is 17.4 Å². The van der Waals surface area contributed by atoms with Gasteiger partial charge in [-0.05, 0) is 55.4 Å². The number of piperazine rings is 1.